The van der Waals surface area contributed by atoms with Gasteiger partial charge in [0.25, 0.3) is 0 Å². The second kappa shape index (κ2) is 7.97. The minimum Gasteiger partial charge on any atom is -0.337 e. The minimum absolute atomic E-state index is 0.00373. The number of nitrogens with zero attached hydrogens (tertiary/aromatic N) is 3. The zero-order chi connectivity index (χ0) is 19.5. The third kappa shape index (κ3) is 5.06. The van der Waals surface area contributed by atoms with Crippen LogP contribution in [0.4, 0.5) is 0 Å². The van der Waals surface area contributed by atoms with E-state index in [1.54, 1.807) is 6.92 Å². The molecule has 8 heteroatoms. The summed E-state index contributed by atoms with van der Waals surface area (Å²) in [5, 5.41) is 12.2. The molecule has 7 nitrogen and oxygen atoms in total. The summed E-state index contributed by atoms with van der Waals surface area (Å²) >= 11 is 0. The van der Waals surface area contributed by atoms with Crippen LogP contribution in [0.15, 0.2) is 30.3 Å². The molecule has 1 N–H and O–H groups in total. The number of hydrogen-bond donors (Lipinski definition) is 1. The van der Waals surface area contributed by atoms with Crippen LogP contribution in [0.5, 0.6) is 0 Å². The number of hydrogen-bond acceptors (Lipinski definition) is 5. The highest BCUT2D eigenvalue weighted by atomic mass is 32.2. The monoisotopic (exact) mass is 390 g/mol. The second-order valence-corrected chi connectivity index (χ2v) is 9.52. The molecule has 1 aromatic rings. The Bertz CT molecular complexity index is 809. The molecule has 0 bridgehead atoms. The smallest absolute Gasteiger partial charge is 0.235 e. The van der Waals surface area contributed by atoms with E-state index in [1.165, 1.54) is 4.31 Å². The van der Waals surface area contributed by atoms with Crippen molar-refractivity contribution >= 4 is 15.9 Å². The number of nitriles is 1. The summed E-state index contributed by atoms with van der Waals surface area (Å²) in [6.07, 6.45) is 1.95. The Labute approximate surface area is 161 Å². The van der Waals surface area contributed by atoms with Crippen molar-refractivity contribution in [2.24, 2.45) is 5.92 Å². The first-order valence-corrected chi connectivity index (χ1v) is 10.9. The average Bonchev–Trinajstić information content (AvgIpc) is 3.48. The van der Waals surface area contributed by atoms with Crippen molar-refractivity contribution in [3.8, 4) is 6.07 Å². The van der Waals surface area contributed by atoms with E-state index in [9.17, 15) is 18.5 Å². The highest BCUT2D eigenvalue weighted by Crippen LogP contribution is 2.39. The fourth-order valence-corrected chi connectivity index (χ4v) is 4.97. The van der Waals surface area contributed by atoms with Crippen LogP contribution in [-0.4, -0.2) is 61.8 Å². The molecule has 146 valence electrons. The molecule has 1 heterocycles. The number of amides is 1. The third-order valence-electron chi connectivity index (χ3n) is 5.31. The molecule has 1 saturated carbocycles. The maximum Gasteiger partial charge on any atom is 0.235 e. The molecule has 0 radical (unpaired) electrons. The summed E-state index contributed by atoms with van der Waals surface area (Å²) in [6, 6.07) is 11.4. The van der Waals surface area contributed by atoms with Gasteiger partial charge < -0.3 is 5.32 Å². The number of carbonyl (C=O) groups is 1. The summed E-state index contributed by atoms with van der Waals surface area (Å²) in [7, 11) is -3.36. The van der Waals surface area contributed by atoms with E-state index >= 15 is 0 Å². The van der Waals surface area contributed by atoms with Gasteiger partial charge in [0.2, 0.25) is 15.9 Å². The van der Waals surface area contributed by atoms with Gasteiger partial charge in [0.05, 0.1) is 18.4 Å². The summed E-state index contributed by atoms with van der Waals surface area (Å²) in [5.41, 5.74) is -0.0204. The van der Waals surface area contributed by atoms with Crippen LogP contribution in [0.25, 0.3) is 0 Å². The third-order valence-corrected chi connectivity index (χ3v) is 7.16. The van der Waals surface area contributed by atoms with Gasteiger partial charge >= 0.3 is 0 Å². The summed E-state index contributed by atoms with van der Waals surface area (Å²) in [4.78, 5) is 14.2. The molecule has 27 heavy (non-hydrogen) atoms. The highest BCUT2D eigenvalue weighted by Gasteiger charge is 2.43. The first-order chi connectivity index (χ1) is 12.8. The van der Waals surface area contributed by atoms with Crippen molar-refractivity contribution in [2.45, 2.75) is 31.1 Å². The fraction of sp³-hybridized carbons (Fsp3) is 0.579. The van der Waals surface area contributed by atoms with Crippen LogP contribution in [0.3, 0.4) is 0 Å². The summed E-state index contributed by atoms with van der Waals surface area (Å²) in [5.74, 6) is 0.0638. The normalized spacial score (nSPS) is 21.2. The summed E-state index contributed by atoms with van der Waals surface area (Å²) < 4.78 is 26.7. The lowest BCUT2D eigenvalue weighted by Gasteiger charge is -2.34. The SMILES string of the molecule is C[C@](C#N)(NC(=O)CN1CCN(S(=O)(=O)Cc2ccccc2)CC1)C1CC1. The van der Waals surface area contributed by atoms with Crippen molar-refractivity contribution in [3.05, 3.63) is 35.9 Å². The largest absolute Gasteiger partial charge is 0.337 e. The standard InChI is InChI=1S/C19H26N4O3S/c1-19(15-20,17-7-8-17)21-18(24)13-22-9-11-23(12-10-22)27(25,26)14-16-5-3-2-4-6-16/h2-6,17H,7-14H2,1H3,(H,21,24)/t19-/m1/s1. The van der Waals surface area contributed by atoms with Gasteiger partial charge in [-0.2, -0.15) is 9.57 Å². The Morgan fingerprint density at radius 2 is 1.85 bits per heavy atom. The van der Waals surface area contributed by atoms with Crippen molar-refractivity contribution < 1.29 is 13.2 Å². The van der Waals surface area contributed by atoms with Crippen LogP contribution in [0, 0.1) is 17.2 Å². The lowest BCUT2D eigenvalue weighted by atomic mass is 9.98. The Morgan fingerprint density at radius 3 is 2.41 bits per heavy atom. The van der Waals surface area contributed by atoms with Gasteiger partial charge in [0.1, 0.15) is 5.54 Å². The highest BCUT2D eigenvalue weighted by molar-refractivity contribution is 7.88. The van der Waals surface area contributed by atoms with Gasteiger partial charge in [0.15, 0.2) is 0 Å². The number of carbonyl (C=O) groups excluding carboxylic acids is 1. The van der Waals surface area contributed by atoms with Gasteiger partial charge in [-0.3, -0.25) is 9.69 Å². The number of nitrogens with one attached hydrogen (secondary N) is 1. The average molecular weight is 391 g/mol. The molecule has 1 aliphatic heterocycles. The van der Waals surface area contributed by atoms with E-state index < -0.39 is 15.6 Å². The molecule has 1 atom stereocenters. The molecular formula is C19H26N4O3S. The Hall–Kier alpha value is -1.95. The molecule has 3 rings (SSSR count). The van der Waals surface area contributed by atoms with E-state index in [0.717, 1.165) is 18.4 Å². The lowest BCUT2D eigenvalue weighted by molar-refractivity contribution is -0.123. The predicted octanol–water partition coefficient (Wildman–Crippen LogP) is 0.942. The van der Waals surface area contributed by atoms with Gasteiger partial charge in [-0.15, -0.1) is 0 Å². The Kier molecular flexibility index (Phi) is 5.84. The summed E-state index contributed by atoms with van der Waals surface area (Å²) in [6.45, 7) is 3.73. The number of rotatable bonds is 7. The molecule has 0 spiro atoms. The number of sulfonamides is 1. The van der Waals surface area contributed by atoms with E-state index in [0.29, 0.717) is 26.2 Å². The molecule has 1 saturated heterocycles. The molecule has 2 aliphatic rings. The Morgan fingerprint density at radius 1 is 1.22 bits per heavy atom. The molecule has 1 amide bonds. The van der Waals surface area contributed by atoms with E-state index in [-0.39, 0.29) is 24.1 Å². The van der Waals surface area contributed by atoms with E-state index in [4.69, 9.17) is 0 Å². The van der Waals surface area contributed by atoms with Crippen LogP contribution >= 0.6 is 0 Å². The molecular weight excluding hydrogens is 364 g/mol. The fourth-order valence-electron chi connectivity index (χ4n) is 3.46. The van der Waals surface area contributed by atoms with Gasteiger partial charge in [-0.25, -0.2) is 8.42 Å². The van der Waals surface area contributed by atoms with Gasteiger partial charge in [-0.05, 0) is 31.2 Å². The predicted molar refractivity (Wildman–Crippen MR) is 102 cm³/mol. The Balaban J connectivity index is 1.48. The minimum atomic E-state index is -3.36. The maximum atomic E-state index is 12.6. The zero-order valence-corrected chi connectivity index (χ0v) is 16.4. The first kappa shape index (κ1) is 19.8. The van der Waals surface area contributed by atoms with Crippen LogP contribution in [0.1, 0.15) is 25.3 Å². The molecule has 1 aromatic carbocycles. The van der Waals surface area contributed by atoms with Gasteiger partial charge in [-0.1, -0.05) is 30.3 Å². The molecule has 0 unspecified atom stereocenters. The van der Waals surface area contributed by atoms with Gasteiger partial charge in [0, 0.05) is 26.2 Å². The van der Waals surface area contributed by atoms with Crippen LogP contribution in [-0.2, 0) is 20.6 Å². The van der Waals surface area contributed by atoms with Crippen LogP contribution < -0.4 is 5.32 Å². The number of piperazine rings is 1. The topological polar surface area (TPSA) is 93.5 Å². The molecule has 0 aromatic heterocycles. The van der Waals surface area contributed by atoms with E-state index in [1.807, 2.05) is 35.2 Å². The second-order valence-electron chi connectivity index (χ2n) is 7.55. The van der Waals surface area contributed by atoms with Crippen LogP contribution in [0.2, 0.25) is 0 Å². The van der Waals surface area contributed by atoms with Crippen molar-refractivity contribution in [3.63, 3.8) is 0 Å². The molecule has 2 fully saturated rings. The first-order valence-electron chi connectivity index (χ1n) is 9.29. The maximum absolute atomic E-state index is 12.6. The van der Waals surface area contributed by atoms with E-state index in [2.05, 4.69) is 11.4 Å². The quantitative estimate of drug-likeness (QED) is 0.748. The molecule has 1 aliphatic carbocycles. The van der Waals surface area contributed by atoms with Crippen molar-refractivity contribution in [1.29, 1.82) is 5.26 Å². The van der Waals surface area contributed by atoms with Crippen molar-refractivity contribution in [1.82, 2.24) is 14.5 Å². The van der Waals surface area contributed by atoms with Crippen molar-refractivity contribution in [2.75, 3.05) is 32.7 Å². The lowest BCUT2D eigenvalue weighted by Crippen LogP contribution is -2.54. The number of benzene rings is 1. The zero-order valence-electron chi connectivity index (χ0n) is 15.6.